The predicted molar refractivity (Wildman–Crippen MR) is 126 cm³/mol. The second-order valence-electron chi connectivity index (χ2n) is 7.74. The molecular weight excluding hydrogens is 423 g/mol. The van der Waals surface area contributed by atoms with Crippen LogP contribution in [-0.2, 0) is 12.3 Å². The van der Waals surface area contributed by atoms with Crippen LogP contribution in [0.5, 0.6) is 0 Å². The van der Waals surface area contributed by atoms with E-state index in [9.17, 15) is 9.18 Å². The lowest BCUT2D eigenvalue weighted by molar-refractivity contribution is 0.0939. The van der Waals surface area contributed by atoms with Crippen molar-refractivity contribution in [2.75, 3.05) is 0 Å². The van der Waals surface area contributed by atoms with Gasteiger partial charge in [-0.15, -0.1) is 0 Å². The zero-order valence-electron chi connectivity index (χ0n) is 18.1. The Bertz CT molecular complexity index is 1210. The summed E-state index contributed by atoms with van der Waals surface area (Å²) in [5.74, 6) is 0.392. The van der Waals surface area contributed by atoms with E-state index in [1.807, 2.05) is 50.4 Å². The highest BCUT2D eigenvalue weighted by atomic mass is 32.2. The molecule has 164 valence electrons. The van der Waals surface area contributed by atoms with Gasteiger partial charge in [-0.3, -0.25) is 9.78 Å². The first-order valence-corrected chi connectivity index (χ1v) is 11.6. The minimum absolute atomic E-state index is 0.0567. The summed E-state index contributed by atoms with van der Waals surface area (Å²) in [5, 5.41) is 3.86. The van der Waals surface area contributed by atoms with Gasteiger partial charge in [0.25, 0.3) is 5.91 Å². The molecule has 0 fully saturated rings. The number of nitrogens with one attached hydrogen (secondary N) is 1. The molecule has 0 aliphatic heterocycles. The summed E-state index contributed by atoms with van der Waals surface area (Å²) in [5.41, 5.74) is 4.58. The van der Waals surface area contributed by atoms with Crippen LogP contribution in [0.2, 0.25) is 0 Å². The third-order valence-electron chi connectivity index (χ3n) is 5.34. The number of rotatable bonds is 8. The Kier molecular flexibility index (Phi) is 6.85. The number of fused-ring (bicyclic) bond motifs is 1. The summed E-state index contributed by atoms with van der Waals surface area (Å²) in [6, 6.07) is 16.2. The highest BCUT2D eigenvalue weighted by Gasteiger charge is 2.13. The molecule has 2 aromatic heterocycles. The van der Waals surface area contributed by atoms with Gasteiger partial charge in [-0.2, -0.15) is 0 Å². The molecule has 0 saturated carbocycles. The van der Waals surface area contributed by atoms with Crippen molar-refractivity contribution in [3.05, 3.63) is 89.5 Å². The van der Waals surface area contributed by atoms with Gasteiger partial charge >= 0.3 is 0 Å². The number of carbonyl (C=O) groups is 1. The molecule has 2 heterocycles. The SMILES string of the molecule is CC[C@@H](C)NC(=O)c1ccc(Cn2c(SCc3ccc(F)cc3)nc3ccncc32)cc1. The maximum absolute atomic E-state index is 13.2. The highest BCUT2D eigenvalue weighted by Crippen LogP contribution is 2.27. The van der Waals surface area contributed by atoms with Crippen molar-refractivity contribution < 1.29 is 9.18 Å². The monoisotopic (exact) mass is 448 g/mol. The van der Waals surface area contributed by atoms with Crippen LogP contribution < -0.4 is 5.32 Å². The Labute approximate surface area is 191 Å². The van der Waals surface area contributed by atoms with E-state index >= 15 is 0 Å². The Morgan fingerprint density at radius 3 is 2.53 bits per heavy atom. The van der Waals surface area contributed by atoms with E-state index < -0.39 is 0 Å². The maximum Gasteiger partial charge on any atom is 0.251 e. The van der Waals surface area contributed by atoms with Crippen LogP contribution in [0.15, 0.2) is 72.1 Å². The number of carbonyl (C=O) groups excluding carboxylic acids is 1. The first-order valence-electron chi connectivity index (χ1n) is 10.6. The lowest BCUT2D eigenvalue weighted by Crippen LogP contribution is -2.31. The van der Waals surface area contributed by atoms with E-state index in [1.54, 1.807) is 30.1 Å². The molecule has 7 heteroatoms. The van der Waals surface area contributed by atoms with E-state index in [1.165, 1.54) is 12.1 Å². The number of hydrogen-bond acceptors (Lipinski definition) is 4. The van der Waals surface area contributed by atoms with E-state index in [-0.39, 0.29) is 17.8 Å². The molecule has 0 bridgehead atoms. The Morgan fingerprint density at radius 2 is 1.81 bits per heavy atom. The number of benzene rings is 2. The molecule has 0 spiro atoms. The summed E-state index contributed by atoms with van der Waals surface area (Å²) < 4.78 is 15.3. The lowest BCUT2D eigenvalue weighted by Gasteiger charge is -2.12. The molecule has 0 aliphatic rings. The number of amides is 1. The highest BCUT2D eigenvalue weighted by molar-refractivity contribution is 7.98. The van der Waals surface area contributed by atoms with Gasteiger partial charge in [-0.1, -0.05) is 43.0 Å². The summed E-state index contributed by atoms with van der Waals surface area (Å²) in [4.78, 5) is 21.4. The molecule has 5 nitrogen and oxygen atoms in total. The van der Waals surface area contributed by atoms with Crippen molar-refractivity contribution in [3.63, 3.8) is 0 Å². The topological polar surface area (TPSA) is 59.8 Å². The molecule has 0 aliphatic carbocycles. The number of imidazole rings is 1. The fourth-order valence-corrected chi connectivity index (χ4v) is 4.26. The van der Waals surface area contributed by atoms with E-state index in [4.69, 9.17) is 4.98 Å². The molecule has 4 aromatic rings. The van der Waals surface area contributed by atoms with Crippen LogP contribution in [0.1, 0.15) is 41.8 Å². The van der Waals surface area contributed by atoms with Gasteiger partial charge in [0.1, 0.15) is 5.82 Å². The van der Waals surface area contributed by atoms with Gasteiger partial charge in [0.2, 0.25) is 0 Å². The van der Waals surface area contributed by atoms with Gasteiger partial charge in [0.05, 0.1) is 23.8 Å². The molecule has 0 radical (unpaired) electrons. The van der Waals surface area contributed by atoms with Gasteiger partial charge < -0.3 is 9.88 Å². The fraction of sp³-hybridized carbons (Fsp3) is 0.240. The minimum atomic E-state index is -0.238. The Hall–Kier alpha value is -3.19. The van der Waals surface area contributed by atoms with Crippen molar-refractivity contribution in [2.45, 2.75) is 43.8 Å². The van der Waals surface area contributed by atoms with E-state index in [0.29, 0.717) is 17.9 Å². The molecule has 0 unspecified atom stereocenters. The van der Waals surface area contributed by atoms with Crippen LogP contribution >= 0.6 is 11.8 Å². The minimum Gasteiger partial charge on any atom is -0.350 e. The zero-order valence-corrected chi connectivity index (χ0v) is 18.9. The molecule has 1 atom stereocenters. The summed E-state index contributed by atoms with van der Waals surface area (Å²) in [6.07, 6.45) is 4.45. The molecule has 4 rings (SSSR count). The van der Waals surface area contributed by atoms with Crippen molar-refractivity contribution in [3.8, 4) is 0 Å². The summed E-state index contributed by atoms with van der Waals surface area (Å²) in [7, 11) is 0. The van der Waals surface area contributed by atoms with Crippen molar-refractivity contribution in [1.29, 1.82) is 0 Å². The number of halogens is 1. The predicted octanol–water partition coefficient (Wildman–Crippen LogP) is 5.44. The van der Waals surface area contributed by atoms with Crippen LogP contribution in [0.3, 0.4) is 0 Å². The molecule has 1 N–H and O–H groups in total. The summed E-state index contributed by atoms with van der Waals surface area (Å²) >= 11 is 1.61. The van der Waals surface area contributed by atoms with Gasteiger partial charge in [0.15, 0.2) is 5.16 Å². The maximum atomic E-state index is 13.2. The molecule has 1 amide bonds. The standard InChI is InChI=1S/C25H25FN4OS/c1-3-17(2)28-24(31)20-8-4-18(5-9-20)15-30-23-14-27-13-12-22(23)29-25(30)32-16-19-6-10-21(26)11-7-19/h4-14,17H,3,15-16H2,1-2H3,(H,28,31)/t17-/m1/s1. The van der Waals surface area contributed by atoms with Crippen molar-refractivity contribution >= 4 is 28.7 Å². The molecule has 32 heavy (non-hydrogen) atoms. The Balaban J connectivity index is 1.54. The molecular formula is C25H25FN4OS. The third-order valence-corrected chi connectivity index (χ3v) is 6.39. The number of pyridine rings is 1. The number of nitrogens with zero attached hydrogens (tertiary/aromatic N) is 3. The third kappa shape index (κ3) is 5.16. The summed E-state index contributed by atoms with van der Waals surface area (Å²) in [6.45, 7) is 4.65. The lowest BCUT2D eigenvalue weighted by atomic mass is 10.1. The van der Waals surface area contributed by atoms with E-state index in [2.05, 4.69) is 14.9 Å². The van der Waals surface area contributed by atoms with Gasteiger partial charge in [-0.05, 0) is 54.8 Å². The largest absolute Gasteiger partial charge is 0.350 e. The first-order chi connectivity index (χ1) is 15.5. The number of thioether (sulfide) groups is 1. The molecule has 0 saturated heterocycles. The van der Waals surface area contributed by atoms with Gasteiger partial charge in [-0.25, -0.2) is 9.37 Å². The normalized spacial score (nSPS) is 12.1. The number of aromatic nitrogens is 3. The fourth-order valence-electron chi connectivity index (χ4n) is 3.29. The quantitative estimate of drug-likeness (QED) is 0.365. The Morgan fingerprint density at radius 1 is 1.09 bits per heavy atom. The van der Waals surface area contributed by atoms with Crippen LogP contribution in [-0.4, -0.2) is 26.5 Å². The second-order valence-corrected chi connectivity index (χ2v) is 8.68. The van der Waals surface area contributed by atoms with Crippen molar-refractivity contribution in [1.82, 2.24) is 19.9 Å². The van der Waals surface area contributed by atoms with Crippen LogP contribution in [0.4, 0.5) is 4.39 Å². The van der Waals surface area contributed by atoms with Crippen LogP contribution in [0, 0.1) is 5.82 Å². The first kappa shape index (κ1) is 22.0. The van der Waals surface area contributed by atoms with E-state index in [0.717, 1.165) is 33.7 Å². The number of hydrogen-bond donors (Lipinski definition) is 1. The zero-order chi connectivity index (χ0) is 22.5. The average Bonchev–Trinajstić information content (AvgIpc) is 3.16. The van der Waals surface area contributed by atoms with Gasteiger partial charge in [0, 0.05) is 23.6 Å². The second kappa shape index (κ2) is 9.96. The smallest absolute Gasteiger partial charge is 0.251 e. The van der Waals surface area contributed by atoms with Crippen molar-refractivity contribution in [2.24, 2.45) is 0 Å². The average molecular weight is 449 g/mol. The molecule has 2 aromatic carbocycles. The van der Waals surface area contributed by atoms with Crippen LogP contribution in [0.25, 0.3) is 11.0 Å².